The lowest BCUT2D eigenvalue weighted by Crippen LogP contribution is -2.08. The van der Waals surface area contributed by atoms with Gasteiger partial charge in [-0.2, -0.15) is 0 Å². The Balaban J connectivity index is 2.65. The number of carbonyl (C=O) groups excluding carboxylic acids is 1. The van der Waals surface area contributed by atoms with E-state index < -0.39 is 6.10 Å². The first-order valence-electron chi connectivity index (χ1n) is 4.52. The molecule has 4 nitrogen and oxygen atoms in total. The number of Topliss-reactive ketones (excluding diaryl/α,β-unsaturated/α-hetero) is 1. The summed E-state index contributed by atoms with van der Waals surface area (Å²) >= 11 is 0. The number of aliphatic hydroxyl groups is 1. The van der Waals surface area contributed by atoms with Gasteiger partial charge in [-0.1, -0.05) is 0 Å². The van der Waals surface area contributed by atoms with Crippen molar-refractivity contribution in [1.29, 1.82) is 0 Å². The molecular weight excluding hydrogens is 180 g/mol. The summed E-state index contributed by atoms with van der Waals surface area (Å²) in [6, 6.07) is 1.59. The Morgan fingerprint density at radius 3 is 3.00 bits per heavy atom. The van der Waals surface area contributed by atoms with Gasteiger partial charge in [-0.3, -0.25) is 9.78 Å². The molecule has 1 aromatic heterocycles. The summed E-state index contributed by atoms with van der Waals surface area (Å²) in [6.07, 6.45) is 3.29. The molecule has 1 rings (SSSR count). The number of hydrogen-bond donors (Lipinski definition) is 2. The Hall–Kier alpha value is -1.42. The first kappa shape index (κ1) is 10.7. The van der Waals surface area contributed by atoms with Crippen molar-refractivity contribution in [2.24, 2.45) is 0 Å². The number of hydrogen-bond acceptors (Lipinski definition) is 4. The van der Waals surface area contributed by atoms with Gasteiger partial charge in [-0.25, -0.2) is 0 Å². The highest BCUT2D eigenvalue weighted by molar-refractivity contribution is 6.00. The Bertz CT molecular complexity index is 324. The van der Waals surface area contributed by atoms with Crippen LogP contribution in [0, 0.1) is 0 Å². The van der Waals surface area contributed by atoms with Crippen LogP contribution in [0.5, 0.6) is 0 Å². The summed E-state index contributed by atoms with van der Waals surface area (Å²) in [5, 5.41) is 9.02. The normalized spacial score (nSPS) is 12.4. The fourth-order valence-corrected chi connectivity index (χ4v) is 1.11. The van der Waals surface area contributed by atoms with E-state index in [0.29, 0.717) is 24.1 Å². The van der Waals surface area contributed by atoms with E-state index >= 15 is 0 Å². The molecule has 0 unspecified atom stereocenters. The number of ketones is 1. The molecule has 76 valence electrons. The zero-order valence-corrected chi connectivity index (χ0v) is 8.10. The van der Waals surface area contributed by atoms with Crippen molar-refractivity contribution >= 4 is 11.5 Å². The van der Waals surface area contributed by atoms with Crippen LogP contribution in [0.3, 0.4) is 0 Å². The number of rotatable bonds is 4. The molecule has 1 heterocycles. The van der Waals surface area contributed by atoms with Gasteiger partial charge in [0.25, 0.3) is 0 Å². The lowest BCUT2D eigenvalue weighted by atomic mass is 10.1. The minimum absolute atomic E-state index is 0.0727. The van der Waals surface area contributed by atoms with Crippen LogP contribution < -0.4 is 5.73 Å². The van der Waals surface area contributed by atoms with Crippen molar-refractivity contribution in [3.63, 3.8) is 0 Å². The summed E-state index contributed by atoms with van der Waals surface area (Å²) in [4.78, 5) is 15.4. The Kier molecular flexibility index (Phi) is 3.59. The number of nitrogens with zero attached hydrogens (tertiary/aromatic N) is 1. The fourth-order valence-electron chi connectivity index (χ4n) is 1.11. The first-order valence-corrected chi connectivity index (χ1v) is 4.52. The molecule has 0 aliphatic carbocycles. The number of aromatic nitrogens is 1. The average molecular weight is 194 g/mol. The molecule has 0 spiro atoms. The molecule has 3 N–H and O–H groups in total. The molecule has 0 saturated heterocycles. The zero-order valence-electron chi connectivity index (χ0n) is 8.10. The Morgan fingerprint density at radius 1 is 1.71 bits per heavy atom. The van der Waals surface area contributed by atoms with Crippen LogP contribution in [0.2, 0.25) is 0 Å². The molecule has 0 aliphatic heterocycles. The second-order valence-electron chi connectivity index (χ2n) is 3.27. The summed E-state index contributed by atoms with van der Waals surface area (Å²) in [5.74, 6) is -0.0727. The van der Waals surface area contributed by atoms with Gasteiger partial charge >= 0.3 is 0 Å². The minimum atomic E-state index is -0.461. The number of pyridine rings is 1. The maximum absolute atomic E-state index is 11.5. The van der Waals surface area contributed by atoms with Crippen LogP contribution >= 0.6 is 0 Å². The summed E-state index contributed by atoms with van der Waals surface area (Å²) in [6.45, 7) is 1.65. The van der Waals surface area contributed by atoms with Gasteiger partial charge in [0.2, 0.25) is 0 Å². The molecule has 4 heteroatoms. The fraction of sp³-hybridized carbons (Fsp3) is 0.400. The predicted octanol–water partition coefficient (Wildman–Crippen LogP) is 1.01. The zero-order chi connectivity index (χ0) is 10.6. The minimum Gasteiger partial charge on any atom is -0.398 e. The molecule has 1 aromatic rings. The summed E-state index contributed by atoms with van der Waals surface area (Å²) in [7, 11) is 0. The molecule has 14 heavy (non-hydrogen) atoms. The first-order chi connectivity index (χ1) is 6.61. The average Bonchev–Trinajstić information content (AvgIpc) is 2.15. The topological polar surface area (TPSA) is 76.2 Å². The van der Waals surface area contributed by atoms with E-state index in [2.05, 4.69) is 4.98 Å². The van der Waals surface area contributed by atoms with Gasteiger partial charge in [0.1, 0.15) is 0 Å². The largest absolute Gasteiger partial charge is 0.398 e. The highest BCUT2D eigenvalue weighted by Gasteiger charge is 2.10. The van der Waals surface area contributed by atoms with Gasteiger partial charge in [0, 0.05) is 24.5 Å². The number of aliphatic hydroxyl groups excluding tert-OH is 1. The molecule has 0 radical (unpaired) electrons. The number of carbonyl (C=O) groups is 1. The van der Waals surface area contributed by atoms with Gasteiger partial charge < -0.3 is 10.8 Å². The van der Waals surface area contributed by atoms with Crippen molar-refractivity contribution in [2.45, 2.75) is 25.9 Å². The highest BCUT2D eigenvalue weighted by atomic mass is 16.3. The maximum atomic E-state index is 11.5. The SMILES string of the molecule is C[C@H](O)CCC(=O)c1cnccc1N. The second kappa shape index (κ2) is 4.72. The molecule has 0 bridgehead atoms. The van der Waals surface area contributed by atoms with Gasteiger partial charge in [-0.15, -0.1) is 0 Å². The molecule has 0 saturated carbocycles. The number of nitrogens with two attached hydrogens (primary N) is 1. The van der Waals surface area contributed by atoms with Crippen LogP contribution in [0.1, 0.15) is 30.1 Å². The van der Waals surface area contributed by atoms with E-state index in [4.69, 9.17) is 10.8 Å². The smallest absolute Gasteiger partial charge is 0.166 e. The number of anilines is 1. The van der Waals surface area contributed by atoms with Crippen molar-refractivity contribution in [3.8, 4) is 0 Å². The van der Waals surface area contributed by atoms with Crippen molar-refractivity contribution < 1.29 is 9.90 Å². The van der Waals surface area contributed by atoms with E-state index in [9.17, 15) is 4.79 Å². The van der Waals surface area contributed by atoms with Crippen LogP contribution in [-0.4, -0.2) is 22.0 Å². The third-order valence-corrected chi connectivity index (χ3v) is 1.94. The van der Waals surface area contributed by atoms with Crippen molar-refractivity contribution in [3.05, 3.63) is 24.0 Å². The quantitative estimate of drug-likeness (QED) is 0.701. The molecule has 0 amide bonds. The lowest BCUT2D eigenvalue weighted by Gasteiger charge is -2.05. The third-order valence-electron chi connectivity index (χ3n) is 1.94. The van der Waals surface area contributed by atoms with E-state index in [1.54, 1.807) is 19.2 Å². The standard InChI is InChI=1S/C10H14N2O2/c1-7(13)2-3-10(14)8-6-12-5-4-9(8)11/h4-7,13H,2-3H2,1H3,(H2,11,12)/t7-/m0/s1. The molecule has 0 aliphatic rings. The second-order valence-corrected chi connectivity index (χ2v) is 3.27. The van der Waals surface area contributed by atoms with Crippen molar-refractivity contribution in [2.75, 3.05) is 5.73 Å². The van der Waals surface area contributed by atoms with Gasteiger partial charge in [0.15, 0.2) is 5.78 Å². The Morgan fingerprint density at radius 2 is 2.43 bits per heavy atom. The van der Waals surface area contributed by atoms with E-state index in [1.165, 1.54) is 6.20 Å². The van der Waals surface area contributed by atoms with Crippen LogP contribution in [0.25, 0.3) is 0 Å². The van der Waals surface area contributed by atoms with Crippen molar-refractivity contribution in [1.82, 2.24) is 4.98 Å². The monoisotopic (exact) mass is 194 g/mol. The lowest BCUT2D eigenvalue weighted by molar-refractivity contribution is 0.0950. The van der Waals surface area contributed by atoms with Crippen LogP contribution in [-0.2, 0) is 0 Å². The van der Waals surface area contributed by atoms with Gasteiger partial charge in [-0.05, 0) is 19.4 Å². The number of nitrogen functional groups attached to an aromatic ring is 1. The van der Waals surface area contributed by atoms with E-state index in [-0.39, 0.29) is 5.78 Å². The highest BCUT2D eigenvalue weighted by Crippen LogP contribution is 2.12. The third kappa shape index (κ3) is 2.81. The molecule has 1 atom stereocenters. The Labute approximate surface area is 82.8 Å². The van der Waals surface area contributed by atoms with Crippen LogP contribution in [0.15, 0.2) is 18.5 Å². The van der Waals surface area contributed by atoms with Crippen LogP contribution in [0.4, 0.5) is 5.69 Å². The van der Waals surface area contributed by atoms with E-state index in [1.807, 2.05) is 0 Å². The predicted molar refractivity (Wildman–Crippen MR) is 53.9 cm³/mol. The molecule has 0 aromatic carbocycles. The molecular formula is C10H14N2O2. The summed E-state index contributed by atoms with van der Waals surface area (Å²) in [5.41, 5.74) is 6.48. The van der Waals surface area contributed by atoms with Gasteiger partial charge in [0.05, 0.1) is 11.7 Å². The molecule has 0 fully saturated rings. The summed E-state index contributed by atoms with van der Waals surface area (Å²) < 4.78 is 0. The van der Waals surface area contributed by atoms with E-state index in [0.717, 1.165) is 0 Å². The maximum Gasteiger partial charge on any atom is 0.166 e.